The maximum Gasteiger partial charge on any atom is 0.428 e. The number of imidazole rings is 1. The van der Waals surface area contributed by atoms with Crippen molar-refractivity contribution in [3.05, 3.63) is 15.6 Å². The molecule has 1 unspecified atom stereocenters. The molecule has 0 aliphatic carbocycles. The predicted molar refractivity (Wildman–Crippen MR) is 107 cm³/mol. The lowest BCUT2D eigenvalue weighted by atomic mass is 10.1. The van der Waals surface area contributed by atoms with Crippen LogP contribution < -0.4 is 11.4 Å². The molecule has 1 saturated heterocycles. The van der Waals surface area contributed by atoms with E-state index in [4.69, 9.17) is 26.8 Å². The van der Waals surface area contributed by atoms with Gasteiger partial charge in [0, 0.05) is 20.4 Å². The summed E-state index contributed by atoms with van der Waals surface area (Å²) in [4.78, 5) is 43.8. The maximum absolute atomic E-state index is 15.3. The van der Waals surface area contributed by atoms with Gasteiger partial charge in [0.25, 0.3) is 0 Å². The van der Waals surface area contributed by atoms with Crippen LogP contribution in [-0.4, -0.2) is 61.7 Å². The van der Waals surface area contributed by atoms with Crippen LogP contribution in [-0.2, 0) is 30.3 Å². The monoisotopic (exact) mass is 513 g/mol. The second-order valence-corrected chi connectivity index (χ2v) is 7.79. The van der Waals surface area contributed by atoms with Crippen LogP contribution in [0.25, 0.3) is 11.2 Å². The van der Waals surface area contributed by atoms with E-state index in [1.165, 1.54) is 0 Å². The van der Waals surface area contributed by atoms with Gasteiger partial charge >= 0.3 is 23.8 Å². The summed E-state index contributed by atoms with van der Waals surface area (Å²) in [5, 5.41) is -0.240. The van der Waals surface area contributed by atoms with E-state index in [2.05, 4.69) is 14.7 Å². The molecule has 1 aliphatic heterocycles. The molecule has 188 valence electrons. The second-order valence-electron chi connectivity index (χ2n) is 7.43. The lowest BCUT2D eigenvalue weighted by Crippen LogP contribution is -2.47. The van der Waals surface area contributed by atoms with Gasteiger partial charge < -0.3 is 19.9 Å². The van der Waals surface area contributed by atoms with Crippen LogP contribution in [0, 0.1) is 0 Å². The Morgan fingerprint density at radius 1 is 1.26 bits per heavy atom. The van der Waals surface area contributed by atoms with E-state index in [1.54, 1.807) is 6.92 Å². The van der Waals surface area contributed by atoms with Crippen LogP contribution in [0.2, 0.25) is 5.15 Å². The van der Waals surface area contributed by atoms with Gasteiger partial charge in [-0.25, -0.2) is 13.8 Å². The van der Waals surface area contributed by atoms with E-state index in [9.17, 15) is 27.6 Å². The molecular weight excluding hydrogens is 494 g/mol. The van der Waals surface area contributed by atoms with Gasteiger partial charge in [-0.2, -0.15) is 23.1 Å². The summed E-state index contributed by atoms with van der Waals surface area (Å²) in [7, 11) is 0. The molecule has 0 radical (unpaired) electrons. The van der Waals surface area contributed by atoms with E-state index >= 15 is 4.39 Å². The van der Waals surface area contributed by atoms with Crippen molar-refractivity contribution < 1.29 is 41.4 Å². The molecule has 0 amide bonds. The van der Waals surface area contributed by atoms with Crippen LogP contribution in [0.3, 0.4) is 0 Å². The summed E-state index contributed by atoms with van der Waals surface area (Å²) >= 11 is 6.13. The normalized spacial score (nSPS) is 23.8. The van der Waals surface area contributed by atoms with Crippen molar-refractivity contribution in [1.82, 2.24) is 19.1 Å². The van der Waals surface area contributed by atoms with Crippen LogP contribution in [0.5, 0.6) is 0 Å². The van der Waals surface area contributed by atoms with E-state index in [-0.39, 0.29) is 28.8 Å². The number of aryl methyl sites for hydroxylation is 1. The number of ether oxygens (including phenoxy) is 3. The molecule has 2 N–H and O–H groups in total. The summed E-state index contributed by atoms with van der Waals surface area (Å²) in [5.41, 5.74) is 4.41. The standard InChI is InChI=1S/C18H20ClF4N5O6/c1-4-5-27-9-13(19)25-16(24)26-14(9)28(17(27)31)15-11(32-6(2)29)8(20)10(34-15)12(18(21,22)23)33-7(3)30/h8,10-12,15H,4-5H2,1-3H3,(H2,24,25,26)/t8-,10-,11+,12?,15+/m0/s1. The fourth-order valence-corrected chi connectivity index (χ4v) is 4.00. The number of alkyl halides is 4. The van der Waals surface area contributed by atoms with Crippen molar-refractivity contribution in [2.75, 3.05) is 5.73 Å². The lowest BCUT2D eigenvalue weighted by Gasteiger charge is -2.26. The molecule has 0 spiro atoms. The first-order valence-electron chi connectivity index (χ1n) is 9.92. The molecule has 34 heavy (non-hydrogen) atoms. The number of fused-ring (bicyclic) bond motifs is 1. The molecule has 2 aromatic heterocycles. The Hall–Kier alpha value is -2.94. The molecule has 3 heterocycles. The van der Waals surface area contributed by atoms with Crippen molar-refractivity contribution in [2.24, 2.45) is 0 Å². The van der Waals surface area contributed by atoms with Gasteiger partial charge in [0.2, 0.25) is 12.1 Å². The molecule has 5 atom stereocenters. The van der Waals surface area contributed by atoms with Crippen molar-refractivity contribution >= 4 is 40.7 Å². The summed E-state index contributed by atoms with van der Waals surface area (Å²) in [6, 6.07) is 0. The quantitative estimate of drug-likeness (QED) is 0.348. The van der Waals surface area contributed by atoms with Crippen molar-refractivity contribution in [1.29, 1.82) is 0 Å². The minimum atomic E-state index is -5.24. The van der Waals surface area contributed by atoms with Gasteiger partial charge in [-0.05, 0) is 6.42 Å². The third-order valence-electron chi connectivity index (χ3n) is 4.90. The Morgan fingerprint density at radius 2 is 1.91 bits per heavy atom. The van der Waals surface area contributed by atoms with E-state index < -0.39 is 54.5 Å². The zero-order valence-electron chi connectivity index (χ0n) is 18.0. The third kappa shape index (κ3) is 4.66. The summed E-state index contributed by atoms with van der Waals surface area (Å²) in [5.74, 6) is -2.80. The Bertz CT molecular complexity index is 1170. The van der Waals surface area contributed by atoms with Crippen molar-refractivity contribution in [2.45, 2.75) is 70.6 Å². The highest BCUT2D eigenvalue weighted by Crippen LogP contribution is 2.41. The highest BCUT2D eigenvalue weighted by molar-refractivity contribution is 6.33. The Balaban J connectivity index is 2.23. The number of hydrogen-bond acceptors (Lipinski definition) is 9. The zero-order chi connectivity index (χ0) is 25.5. The first kappa shape index (κ1) is 25.7. The summed E-state index contributed by atoms with van der Waals surface area (Å²) < 4.78 is 72.4. The number of nitrogens with zero attached hydrogens (tertiary/aromatic N) is 4. The SMILES string of the molecule is CCCn1c(=O)n([C@@H]2O[C@H](C(OC(C)=O)C(F)(F)F)[C@H](F)[C@H]2OC(C)=O)c2nc(N)nc(Cl)c21. The average Bonchev–Trinajstić information content (AvgIpc) is 3.13. The average molecular weight is 514 g/mol. The molecule has 1 aliphatic rings. The Labute approximate surface area is 193 Å². The number of carbonyl (C=O) groups is 2. The highest BCUT2D eigenvalue weighted by atomic mass is 35.5. The number of nitrogens with two attached hydrogens (primary N) is 1. The minimum absolute atomic E-state index is 0.0286. The van der Waals surface area contributed by atoms with Crippen molar-refractivity contribution in [3.63, 3.8) is 0 Å². The topological polar surface area (TPSA) is 141 Å². The number of carbonyl (C=O) groups excluding carboxylic acids is 2. The molecule has 16 heteroatoms. The molecule has 11 nitrogen and oxygen atoms in total. The van der Waals surface area contributed by atoms with Crippen LogP contribution in [0.1, 0.15) is 33.4 Å². The molecule has 1 fully saturated rings. The minimum Gasteiger partial charge on any atom is -0.454 e. The molecule has 3 rings (SSSR count). The molecule has 0 aromatic carbocycles. The van der Waals surface area contributed by atoms with Gasteiger partial charge in [0.1, 0.15) is 11.6 Å². The molecule has 0 bridgehead atoms. The van der Waals surface area contributed by atoms with Gasteiger partial charge in [0.05, 0.1) is 0 Å². The van der Waals surface area contributed by atoms with Gasteiger partial charge in [0.15, 0.2) is 29.3 Å². The maximum atomic E-state index is 15.3. The molecule has 0 saturated carbocycles. The highest BCUT2D eigenvalue weighted by Gasteiger charge is 2.60. The second kappa shape index (κ2) is 9.37. The fraction of sp³-hybridized carbons (Fsp3) is 0.611. The Morgan fingerprint density at radius 3 is 2.44 bits per heavy atom. The van der Waals surface area contributed by atoms with Crippen molar-refractivity contribution in [3.8, 4) is 0 Å². The number of aromatic nitrogens is 4. The van der Waals surface area contributed by atoms with Gasteiger partial charge in [-0.3, -0.25) is 14.2 Å². The largest absolute Gasteiger partial charge is 0.454 e. The lowest BCUT2D eigenvalue weighted by molar-refractivity contribution is -0.252. The first-order valence-corrected chi connectivity index (χ1v) is 10.3. The predicted octanol–water partition coefficient (Wildman–Crippen LogP) is 1.90. The molecular formula is C18H20ClF4N5O6. The number of nitrogen functional groups attached to an aromatic ring is 1. The number of rotatable bonds is 6. The zero-order valence-corrected chi connectivity index (χ0v) is 18.8. The number of hydrogen-bond donors (Lipinski definition) is 1. The number of anilines is 1. The third-order valence-corrected chi connectivity index (χ3v) is 5.16. The van der Waals surface area contributed by atoms with Gasteiger partial charge in [-0.1, -0.05) is 18.5 Å². The smallest absolute Gasteiger partial charge is 0.428 e. The van der Waals surface area contributed by atoms with Crippen LogP contribution in [0.15, 0.2) is 4.79 Å². The Kier molecular flexibility index (Phi) is 7.07. The van der Waals surface area contributed by atoms with E-state index in [1.807, 2.05) is 0 Å². The van der Waals surface area contributed by atoms with Crippen LogP contribution in [0.4, 0.5) is 23.5 Å². The summed E-state index contributed by atoms with van der Waals surface area (Å²) in [6.45, 7) is 3.41. The number of esters is 2. The van der Waals surface area contributed by atoms with E-state index in [0.29, 0.717) is 17.9 Å². The van der Waals surface area contributed by atoms with Gasteiger partial charge in [-0.15, -0.1) is 0 Å². The van der Waals surface area contributed by atoms with E-state index in [0.717, 1.165) is 11.5 Å². The summed E-state index contributed by atoms with van der Waals surface area (Å²) in [6.07, 6.45) is -16.9. The van der Waals surface area contributed by atoms with Crippen LogP contribution >= 0.6 is 11.6 Å². The molecule has 2 aromatic rings. The number of halogens is 5. The fourth-order valence-electron chi connectivity index (χ4n) is 3.73. The first-order chi connectivity index (χ1) is 15.8.